The van der Waals surface area contributed by atoms with Crippen molar-refractivity contribution in [2.75, 3.05) is 33.7 Å². The van der Waals surface area contributed by atoms with E-state index in [4.69, 9.17) is 0 Å². The lowest BCUT2D eigenvalue weighted by atomic mass is 10.1. The highest BCUT2D eigenvalue weighted by Gasteiger charge is 2.06. The number of unbranched alkanes of at least 4 members (excludes halogenated alkanes) is 1. The summed E-state index contributed by atoms with van der Waals surface area (Å²) in [5.74, 6) is -0.275. The lowest BCUT2D eigenvalue weighted by Gasteiger charge is -2.13. The zero-order chi connectivity index (χ0) is 13.4. The topological polar surface area (TPSA) is 35.5 Å². The van der Waals surface area contributed by atoms with Gasteiger partial charge in [0, 0.05) is 6.54 Å². The smallest absolute Gasteiger partial charge is 0.123 e. The number of rotatable bonds is 8. The summed E-state index contributed by atoms with van der Waals surface area (Å²) < 4.78 is 12.7. The van der Waals surface area contributed by atoms with Crippen molar-refractivity contribution in [2.45, 2.75) is 18.9 Å². The van der Waals surface area contributed by atoms with Crippen LogP contribution in [-0.4, -0.2) is 43.7 Å². The molecule has 0 spiro atoms. The van der Waals surface area contributed by atoms with Crippen LogP contribution >= 0.6 is 0 Å². The molecular weight excluding hydrogens is 231 g/mol. The quantitative estimate of drug-likeness (QED) is 0.694. The van der Waals surface area contributed by atoms with E-state index in [0.29, 0.717) is 6.54 Å². The van der Waals surface area contributed by atoms with Crippen molar-refractivity contribution < 1.29 is 9.50 Å². The Morgan fingerprint density at radius 1 is 1.22 bits per heavy atom. The van der Waals surface area contributed by atoms with Gasteiger partial charge in [-0.3, -0.25) is 0 Å². The maximum atomic E-state index is 12.7. The van der Waals surface area contributed by atoms with Crippen LogP contribution in [0.15, 0.2) is 24.3 Å². The summed E-state index contributed by atoms with van der Waals surface area (Å²) in [5.41, 5.74) is 0.747. The molecule has 1 rings (SSSR count). The van der Waals surface area contributed by atoms with Gasteiger partial charge in [0.15, 0.2) is 0 Å². The third-order valence-electron chi connectivity index (χ3n) is 2.80. The van der Waals surface area contributed by atoms with Gasteiger partial charge in [-0.25, -0.2) is 4.39 Å². The first kappa shape index (κ1) is 15.1. The average Bonchev–Trinajstić information content (AvgIpc) is 2.34. The molecule has 0 radical (unpaired) electrons. The van der Waals surface area contributed by atoms with Crippen LogP contribution in [0.4, 0.5) is 4.39 Å². The molecule has 0 aliphatic rings. The first-order chi connectivity index (χ1) is 8.59. The minimum atomic E-state index is -0.570. The van der Waals surface area contributed by atoms with Gasteiger partial charge in [-0.05, 0) is 57.7 Å². The molecule has 0 amide bonds. The number of halogens is 1. The molecule has 1 unspecified atom stereocenters. The predicted molar refractivity (Wildman–Crippen MR) is 72.0 cm³/mol. The van der Waals surface area contributed by atoms with Crippen molar-refractivity contribution >= 4 is 0 Å². The fourth-order valence-electron chi connectivity index (χ4n) is 1.72. The Labute approximate surface area is 109 Å². The van der Waals surface area contributed by atoms with Gasteiger partial charge in [-0.1, -0.05) is 12.1 Å². The maximum Gasteiger partial charge on any atom is 0.123 e. The zero-order valence-corrected chi connectivity index (χ0v) is 11.2. The molecule has 1 aromatic carbocycles. The van der Waals surface area contributed by atoms with Crippen LogP contribution in [0.2, 0.25) is 0 Å². The largest absolute Gasteiger partial charge is 0.387 e. The molecule has 3 nitrogen and oxygen atoms in total. The van der Waals surface area contributed by atoms with E-state index in [2.05, 4.69) is 24.3 Å². The second-order valence-electron chi connectivity index (χ2n) is 4.78. The summed E-state index contributed by atoms with van der Waals surface area (Å²) in [4.78, 5) is 2.16. The SMILES string of the molecule is CN(C)CCCCNCC(O)c1ccc(F)cc1. The molecule has 0 saturated heterocycles. The maximum absolute atomic E-state index is 12.7. The molecule has 0 aromatic heterocycles. The van der Waals surface area contributed by atoms with Crippen LogP contribution in [0, 0.1) is 5.82 Å². The lowest BCUT2D eigenvalue weighted by Crippen LogP contribution is -2.23. The van der Waals surface area contributed by atoms with Gasteiger partial charge in [-0.15, -0.1) is 0 Å². The molecule has 2 N–H and O–H groups in total. The van der Waals surface area contributed by atoms with Crippen LogP contribution in [0.1, 0.15) is 24.5 Å². The predicted octanol–water partition coefficient (Wildman–Crippen LogP) is 1.79. The number of hydrogen-bond donors (Lipinski definition) is 2. The Morgan fingerprint density at radius 2 is 1.89 bits per heavy atom. The molecule has 102 valence electrons. The molecule has 1 aromatic rings. The monoisotopic (exact) mass is 254 g/mol. The number of nitrogens with one attached hydrogen (secondary N) is 1. The molecule has 1 atom stereocenters. The Balaban J connectivity index is 2.13. The number of aliphatic hydroxyl groups excluding tert-OH is 1. The van der Waals surface area contributed by atoms with E-state index >= 15 is 0 Å². The van der Waals surface area contributed by atoms with Crippen LogP contribution in [0.3, 0.4) is 0 Å². The van der Waals surface area contributed by atoms with E-state index in [9.17, 15) is 9.50 Å². The highest BCUT2D eigenvalue weighted by Crippen LogP contribution is 2.12. The van der Waals surface area contributed by atoms with Crippen molar-refractivity contribution in [1.29, 1.82) is 0 Å². The first-order valence-corrected chi connectivity index (χ1v) is 6.38. The van der Waals surface area contributed by atoms with E-state index in [1.807, 2.05) is 0 Å². The van der Waals surface area contributed by atoms with Crippen molar-refractivity contribution in [3.63, 3.8) is 0 Å². The number of aliphatic hydroxyl groups is 1. The summed E-state index contributed by atoms with van der Waals surface area (Å²) in [6.45, 7) is 2.49. The minimum absolute atomic E-state index is 0.275. The minimum Gasteiger partial charge on any atom is -0.387 e. The Kier molecular flexibility index (Phi) is 6.86. The normalized spacial score (nSPS) is 12.9. The summed E-state index contributed by atoms with van der Waals surface area (Å²) in [6.07, 6.45) is 1.67. The lowest BCUT2D eigenvalue weighted by molar-refractivity contribution is 0.174. The second-order valence-corrected chi connectivity index (χ2v) is 4.78. The zero-order valence-electron chi connectivity index (χ0n) is 11.2. The summed E-state index contributed by atoms with van der Waals surface area (Å²) in [6, 6.07) is 5.98. The standard InChI is InChI=1S/C14H23FN2O/c1-17(2)10-4-3-9-16-11-14(18)12-5-7-13(15)8-6-12/h5-8,14,16,18H,3-4,9-11H2,1-2H3. The highest BCUT2D eigenvalue weighted by molar-refractivity contribution is 5.18. The van der Waals surface area contributed by atoms with Crippen LogP contribution in [0.5, 0.6) is 0 Å². The Morgan fingerprint density at radius 3 is 2.50 bits per heavy atom. The van der Waals surface area contributed by atoms with Gasteiger partial charge in [0.25, 0.3) is 0 Å². The molecule has 0 aliphatic heterocycles. The van der Waals surface area contributed by atoms with Gasteiger partial charge >= 0.3 is 0 Å². The van der Waals surface area contributed by atoms with Gasteiger partial charge < -0.3 is 15.3 Å². The van der Waals surface area contributed by atoms with Crippen molar-refractivity contribution in [3.05, 3.63) is 35.6 Å². The third kappa shape index (κ3) is 6.10. The molecule has 0 bridgehead atoms. The van der Waals surface area contributed by atoms with Gasteiger partial charge in [0.1, 0.15) is 5.82 Å². The number of benzene rings is 1. The Bertz CT molecular complexity index is 327. The summed E-state index contributed by atoms with van der Waals surface area (Å²) in [5, 5.41) is 13.1. The van der Waals surface area contributed by atoms with Gasteiger partial charge in [-0.2, -0.15) is 0 Å². The molecule has 0 saturated carbocycles. The van der Waals surface area contributed by atoms with Crippen molar-refractivity contribution in [1.82, 2.24) is 10.2 Å². The van der Waals surface area contributed by atoms with Gasteiger partial charge in [0.2, 0.25) is 0 Å². The fourth-order valence-corrected chi connectivity index (χ4v) is 1.72. The van der Waals surface area contributed by atoms with Gasteiger partial charge in [0.05, 0.1) is 6.10 Å². The van der Waals surface area contributed by atoms with Crippen LogP contribution in [-0.2, 0) is 0 Å². The number of nitrogens with zero attached hydrogens (tertiary/aromatic N) is 1. The van der Waals surface area contributed by atoms with Crippen LogP contribution in [0.25, 0.3) is 0 Å². The van der Waals surface area contributed by atoms with E-state index in [1.54, 1.807) is 12.1 Å². The van der Waals surface area contributed by atoms with Crippen molar-refractivity contribution in [3.8, 4) is 0 Å². The second kappa shape index (κ2) is 8.19. The molecule has 4 heteroatoms. The van der Waals surface area contributed by atoms with E-state index in [0.717, 1.165) is 31.5 Å². The summed E-state index contributed by atoms with van der Waals surface area (Å²) >= 11 is 0. The van der Waals surface area contributed by atoms with Crippen molar-refractivity contribution in [2.24, 2.45) is 0 Å². The molecule has 18 heavy (non-hydrogen) atoms. The number of hydrogen-bond acceptors (Lipinski definition) is 3. The third-order valence-corrected chi connectivity index (χ3v) is 2.80. The van der Waals surface area contributed by atoms with Crippen LogP contribution < -0.4 is 5.32 Å². The summed E-state index contributed by atoms with van der Waals surface area (Å²) in [7, 11) is 4.12. The van der Waals surface area contributed by atoms with E-state index in [-0.39, 0.29) is 5.82 Å². The molecular formula is C14H23FN2O. The highest BCUT2D eigenvalue weighted by atomic mass is 19.1. The van der Waals surface area contributed by atoms with E-state index < -0.39 is 6.10 Å². The fraction of sp³-hybridized carbons (Fsp3) is 0.571. The molecule has 0 heterocycles. The average molecular weight is 254 g/mol. The molecule has 0 fully saturated rings. The Hall–Kier alpha value is -0.970. The van der Waals surface area contributed by atoms with E-state index in [1.165, 1.54) is 12.1 Å². The molecule has 0 aliphatic carbocycles. The first-order valence-electron chi connectivity index (χ1n) is 6.38.